The van der Waals surface area contributed by atoms with E-state index in [-0.39, 0.29) is 34.3 Å². The minimum atomic E-state index is -1.35. The molecule has 5 aliphatic heterocycles. The van der Waals surface area contributed by atoms with Gasteiger partial charge in [0, 0.05) is 28.6 Å². The Bertz CT molecular complexity index is 1010. The standard InChI is InChI=1S/C20H16O8/c1-4-7-8-9(13(23)16-15(27-16)12(8)22)19(26-4)20-6(3-25-5(2)10(7)20)11(21)14-17(28-14)18(20)24/h3-5,7,10,14-17,19H,1-2H3/t4-,5-,7+,10+,14+,15-,16+,17+,19-,20+/m0/s1. The zero-order valence-electron chi connectivity index (χ0n) is 15.0. The number of hydrogen-bond acceptors (Lipinski definition) is 8. The zero-order chi connectivity index (χ0) is 19.3. The largest absolute Gasteiger partial charge is 0.498 e. The average Bonchev–Trinajstić information content (AvgIpc) is 3.57. The van der Waals surface area contributed by atoms with Crippen LogP contribution in [-0.2, 0) is 38.1 Å². The van der Waals surface area contributed by atoms with Crippen molar-refractivity contribution >= 4 is 23.1 Å². The summed E-state index contributed by atoms with van der Waals surface area (Å²) >= 11 is 0. The van der Waals surface area contributed by atoms with Gasteiger partial charge in [-0.05, 0) is 13.8 Å². The van der Waals surface area contributed by atoms with E-state index in [0.717, 1.165) is 0 Å². The SMILES string of the molecule is C[C@@H]1O[C@H]2C3=C(C(=O)[C@@H]4O[C@@H]4C3=O)[C@@H]1[C@H]1[C@H](C)OC=C3C(=O)[C@H]4O[C@H]4C(=O)[C@@]312. The van der Waals surface area contributed by atoms with Crippen molar-refractivity contribution in [2.45, 2.75) is 56.6 Å². The minimum Gasteiger partial charge on any atom is -0.498 e. The van der Waals surface area contributed by atoms with Crippen molar-refractivity contribution in [3.63, 3.8) is 0 Å². The lowest BCUT2D eigenvalue weighted by Gasteiger charge is -2.62. The number of rotatable bonds is 0. The highest BCUT2D eigenvalue weighted by atomic mass is 16.6. The molecule has 10 atom stereocenters. The lowest BCUT2D eigenvalue weighted by molar-refractivity contribution is -0.203. The summed E-state index contributed by atoms with van der Waals surface area (Å²) in [6, 6.07) is 0. The molecule has 8 nitrogen and oxygen atoms in total. The molecule has 5 heterocycles. The van der Waals surface area contributed by atoms with Gasteiger partial charge in [-0.3, -0.25) is 19.2 Å². The first-order valence-electron chi connectivity index (χ1n) is 9.62. The molecule has 0 radical (unpaired) electrons. The van der Waals surface area contributed by atoms with Gasteiger partial charge >= 0.3 is 0 Å². The van der Waals surface area contributed by atoms with Crippen molar-refractivity contribution in [1.29, 1.82) is 0 Å². The van der Waals surface area contributed by atoms with Crippen molar-refractivity contribution in [2.24, 2.45) is 17.3 Å². The predicted octanol–water partition coefficient (Wildman–Crippen LogP) is -0.556. The van der Waals surface area contributed by atoms with E-state index in [4.69, 9.17) is 18.9 Å². The number of Topliss-reactive ketones (excluding diaryl/α,β-unsaturated/α-hetero) is 4. The molecule has 3 aliphatic carbocycles. The molecule has 0 amide bonds. The topological polar surface area (TPSA) is 112 Å². The maximum Gasteiger partial charge on any atom is 0.194 e. The summed E-state index contributed by atoms with van der Waals surface area (Å²) in [7, 11) is 0. The molecular weight excluding hydrogens is 368 g/mol. The molecule has 0 aromatic rings. The van der Waals surface area contributed by atoms with Crippen molar-refractivity contribution in [3.05, 3.63) is 23.0 Å². The highest BCUT2D eigenvalue weighted by Crippen LogP contribution is 2.66. The lowest BCUT2D eigenvalue weighted by Crippen LogP contribution is -2.72. The third-order valence-electron chi connectivity index (χ3n) is 7.64. The van der Waals surface area contributed by atoms with Crippen LogP contribution >= 0.6 is 0 Å². The predicted molar refractivity (Wildman–Crippen MR) is 86.8 cm³/mol. The normalized spacial score (nSPS) is 54.8. The third-order valence-corrected chi connectivity index (χ3v) is 7.64. The van der Waals surface area contributed by atoms with Gasteiger partial charge in [0.05, 0.1) is 18.5 Å². The van der Waals surface area contributed by atoms with E-state index in [1.165, 1.54) is 6.26 Å². The molecule has 0 aromatic heterocycles. The Morgan fingerprint density at radius 2 is 1.43 bits per heavy atom. The summed E-state index contributed by atoms with van der Waals surface area (Å²) in [5.74, 6) is -2.02. The first-order chi connectivity index (χ1) is 13.4. The van der Waals surface area contributed by atoms with Crippen LogP contribution in [-0.4, -0.2) is 65.9 Å². The average molecular weight is 384 g/mol. The van der Waals surface area contributed by atoms with Gasteiger partial charge in [0.15, 0.2) is 47.5 Å². The molecule has 4 fully saturated rings. The van der Waals surface area contributed by atoms with E-state index < -0.39 is 60.0 Å². The van der Waals surface area contributed by atoms with Crippen molar-refractivity contribution in [3.8, 4) is 0 Å². The van der Waals surface area contributed by atoms with E-state index >= 15 is 0 Å². The van der Waals surface area contributed by atoms with E-state index in [9.17, 15) is 19.2 Å². The van der Waals surface area contributed by atoms with E-state index in [1.807, 2.05) is 13.8 Å². The Kier molecular flexibility index (Phi) is 2.45. The van der Waals surface area contributed by atoms with Gasteiger partial charge in [0.25, 0.3) is 0 Å². The molecule has 8 heteroatoms. The van der Waals surface area contributed by atoms with Crippen LogP contribution in [0.1, 0.15) is 13.8 Å². The highest BCUT2D eigenvalue weighted by molar-refractivity contribution is 6.23. The monoisotopic (exact) mass is 384 g/mol. The molecule has 144 valence electrons. The van der Waals surface area contributed by atoms with Gasteiger partial charge in [-0.25, -0.2) is 0 Å². The van der Waals surface area contributed by atoms with Crippen LogP contribution in [0.4, 0.5) is 0 Å². The summed E-state index contributed by atoms with van der Waals surface area (Å²) in [4.78, 5) is 52.6. The molecule has 28 heavy (non-hydrogen) atoms. The van der Waals surface area contributed by atoms with Crippen molar-refractivity contribution < 1.29 is 38.1 Å². The highest BCUT2D eigenvalue weighted by Gasteiger charge is 2.79. The summed E-state index contributed by atoms with van der Waals surface area (Å²) in [5, 5.41) is 0. The molecule has 8 rings (SSSR count). The van der Waals surface area contributed by atoms with Crippen LogP contribution in [0, 0.1) is 17.3 Å². The zero-order valence-corrected chi connectivity index (χ0v) is 15.0. The third kappa shape index (κ3) is 1.38. The first-order valence-corrected chi connectivity index (χ1v) is 9.62. The Morgan fingerprint density at radius 3 is 2.18 bits per heavy atom. The molecule has 0 N–H and O–H groups in total. The molecule has 2 bridgehead atoms. The number of carbonyl (C=O) groups is 4. The Hall–Kier alpha value is -2.16. The lowest BCUT2D eigenvalue weighted by atomic mass is 9.45. The smallest absolute Gasteiger partial charge is 0.194 e. The van der Waals surface area contributed by atoms with Crippen LogP contribution < -0.4 is 0 Å². The molecule has 3 saturated heterocycles. The maximum absolute atomic E-state index is 13.6. The second-order valence-electron chi connectivity index (χ2n) is 8.75. The number of fused-ring (bicyclic) bond motifs is 3. The van der Waals surface area contributed by atoms with E-state index in [2.05, 4.69) is 0 Å². The summed E-state index contributed by atoms with van der Waals surface area (Å²) in [6.45, 7) is 3.67. The Morgan fingerprint density at radius 1 is 0.786 bits per heavy atom. The summed E-state index contributed by atoms with van der Waals surface area (Å²) < 4.78 is 22.7. The fourth-order valence-corrected chi connectivity index (χ4v) is 6.49. The van der Waals surface area contributed by atoms with Crippen LogP contribution in [0.5, 0.6) is 0 Å². The quantitative estimate of drug-likeness (QED) is 0.511. The van der Waals surface area contributed by atoms with Gasteiger partial charge in [-0.1, -0.05) is 0 Å². The van der Waals surface area contributed by atoms with E-state index in [0.29, 0.717) is 5.57 Å². The number of epoxide rings is 2. The maximum atomic E-state index is 13.6. The Balaban J connectivity index is 1.55. The molecule has 0 aromatic carbocycles. The number of ketones is 4. The number of hydrogen-bond donors (Lipinski definition) is 0. The van der Waals surface area contributed by atoms with Gasteiger partial charge in [-0.2, -0.15) is 0 Å². The minimum absolute atomic E-state index is 0.196. The summed E-state index contributed by atoms with van der Waals surface area (Å²) in [5.41, 5.74) is -0.491. The fraction of sp³-hybridized carbons (Fsp3) is 0.600. The van der Waals surface area contributed by atoms with Crippen LogP contribution in [0.15, 0.2) is 23.0 Å². The van der Waals surface area contributed by atoms with Gasteiger partial charge in [-0.15, -0.1) is 0 Å². The first kappa shape index (κ1) is 15.7. The van der Waals surface area contributed by atoms with Crippen LogP contribution in [0.25, 0.3) is 0 Å². The second-order valence-corrected chi connectivity index (χ2v) is 8.75. The van der Waals surface area contributed by atoms with E-state index in [1.54, 1.807) is 0 Å². The van der Waals surface area contributed by atoms with Crippen molar-refractivity contribution in [1.82, 2.24) is 0 Å². The van der Waals surface area contributed by atoms with Gasteiger partial charge in [0.1, 0.15) is 11.5 Å². The fourth-order valence-electron chi connectivity index (χ4n) is 6.49. The molecule has 0 unspecified atom stereocenters. The molecule has 8 aliphatic rings. The molecular formula is C20H16O8. The van der Waals surface area contributed by atoms with Gasteiger partial charge in [0.2, 0.25) is 0 Å². The molecule has 1 saturated carbocycles. The van der Waals surface area contributed by atoms with Crippen LogP contribution in [0.3, 0.4) is 0 Å². The number of ether oxygens (including phenoxy) is 4. The number of carbonyl (C=O) groups excluding carboxylic acids is 4. The van der Waals surface area contributed by atoms with Crippen molar-refractivity contribution in [2.75, 3.05) is 0 Å². The second kappa shape index (κ2) is 4.37. The Labute approximate surface area is 158 Å². The molecule has 1 spiro atoms. The van der Waals surface area contributed by atoms with Gasteiger partial charge < -0.3 is 18.9 Å². The van der Waals surface area contributed by atoms with Crippen LogP contribution in [0.2, 0.25) is 0 Å². The summed E-state index contributed by atoms with van der Waals surface area (Å²) in [6.07, 6.45) is -3.55.